The number of ether oxygens (including phenoxy) is 1. The number of amides is 2. The highest BCUT2D eigenvalue weighted by atomic mass is 32.1. The normalized spacial score (nSPS) is 17.1. The highest BCUT2D eigenvalue weighted by Gasteiger charge is 2.39. The van der Waals surface area contributed by atoms with Gasteiger partial charge in [0, 0.05) is 33.7 Å². The van der Waals surface area contributed by atoms with E-state index in [2.05, 4.69) is 18.3 Å². The van der Waals surface area contributed by atoms with Crippen LogP contribution in [0, 0.1) is 12.8 Å². The van der Waals surface area contributed by atoms with Gasteiger partial charge in [0.25, 0.3) is 0 Å². The van der Waals surface area contributed by atoms with Crippen LogP contribution in [0.2, 0.25) is 0 Å². The van der Waals surface area contributed by atoms with E-state index in [1.54, 1.807) is 7.11 Å². The Morgan fingerprint density at radius 2 is 2.00 bits per heavy atom. The molecule has 0 bridgehead atoms. The predicted octanol–water partition coefficient (Wildman–Crippen LogP) is 5.00. The van der Waals surface area contributed by atoms with Crippen molar-refractivity contribution in [3.63, 3.8) is 0 Å². The second-order valence-corrected chi connectivity index (χ2v) is 10.0. The van der Waals surface area contributed by atoms with Crippen LogP contribution >= 0.6 is 11.3 Å². The number of benzene rings is 2. The first kappa shape index (κ1) is 21.6. The molecule has 1 saturated carbocycles. The molecule has 0 saturated heterocycles. The fourth-order valence-electron chi connectivity index (χ4n) is 4.54. The maximum Gasteiger partial charge on any atom is 0.230 e. The van der Waals surface area contributed by atoms with Crippen molar-refractivity contribution in [2.75, 3.05) is 17.3 Å². The lowest BCUT2D eigenvalue weighted by atomic mass is 10.0. The molecular weight excluding hydrogens is 434 g/mol. The van der Waals surface area contributed by atoms with Crippen molar-refractivity contribution < 1.29 is 14.3 Å². The maximum atomic E-state index is 12.7. The first-order valence-electron chi connectivity index (χ1n) is 11.3. The van der Waals surface area contributed by atoms with Crippen LogP contribution in [-0.4, -0.2) is 29.9 Å². The average Bonchev–Trinajstić information content (AvgIpc) is 3.51. The molecule has 2 aromatic carbocycles. The quantitative estimate of drug-likeness (QED) is 0.561. The number of fused-ring (bicyclic) bond motifs is 1. The summed E-state index contributed by atoms with van der Waals surface area (Å²) < 4.78 is 5.34. The topological polar surface area (TPSA) is 71.5 Å². The molecule has 33 heavy (non-hydrogen) atoms. The van der Waals surface area contributed by atoms with Gasteiger partial charge in [-0.15, -0.1) is 11.3 Å². The highest BCUT2D eigenvalue weighted by Crippen LogP contribution is 2.41. The number of rotatable bonds is 6. The zero-order chi connectivity index (χ0) is 23.1. The molecule has 7 heteroatoms. The molecule has 1 N–H and O–H groups in total. The van der Waals surface area contributed by atoms with Crippen LogP contribution in [0.15, 0.2) is 42.5 Å². The third-order valence-corrected chi connectivity index (χ3v) is 7.21. The molecule has 2 amide bonds. The van der Waals surface area contributed by atoms with Gasteiger partial charge in [-0.05, 0) is 56.9 Å². The Morgan fingerprint density at radius 3 is 2.76 bits per heavy atom. The number of hydrogen-bond acceptors (Lipinski definition) is 5. The molecule has 0 spiro atoms. The Morgan fingerprint density at radius 1 is 1.21 bits per heavy atom. The predicted molar refractivity (Wildman–Crippen MR) is 131 cm³/mol. The van der Waals surface area contributed by atoms with Gasteiger partial charge in [0.05, 0.1) is 19.2 Å². The number of nitrogens with zero attached hydrogens (tertiary/aromatic N) is 2. The third kappa shape index (κ3) is 4.25. The number of anilines is 2. The summed E-state index contributed by atoms with van der Waals surface area (Å²) in [7, 11) is 1.60. The van der Waals surface area contributed by atoms with E-state index in [0.29, 0.717) is 10.9 Å². The summed E-state index contributed by atoms with van der Waals surface area (Å²) in [5, 5.41) is 3.52. The van der Waals surface area contributed by atoms with Crippen LogP contribution in [0.5, 0.6) is 5.75 Å². The molecule has 5 rings (SSSR count). The van der Waals surface area contributed by atoms with Crippen molar-refractivity contribution in [2.24, 2.45) is 5.92 Å². The number of methoxy groups -OCH3 is 1. The van der Waals surface area contributed by atoms with Gasteiger partial charge in [-0.1, -0.05) is 24.3 Å². The zero-order valence-electron chi connectivity index (χ0n) is 19.1. The summed E-state index contributed by atoms with van der Waals surface area (Å²) >= 11 is 1.47. The summed E-state index contributed by atoms with van der Waals surface area (Å²) in [6, 6.07) is 13.9. The third-order valence-electron chi connectivity index (χ3n) is 6.32. The van der Waals surface area contributed by atoms with Crippen molar-refractivity contribution in [2.45, 2.75) is 45.6 Å². The molecule has 2 heterocycles. The molecule has 6 nitrogen and oxygen atoms in total. The van der Waals surface area contributed by atoms with Gasteiger partial charge in [0.2, 0.25) is 11.8 Å². The number of hydrogen-bond donors (Lipinski definition) is 1. The summed E-state index contributed by atoms with van der Waals surface area (Å²) in [5.41, 5.74) is 4.93. The number of nitrogens with one attached hydrogen (secondary N) is 1. The fourth-order valence-corrected chi connectivity index (χ4v) is 5.40. The van der Waals surface area contributed by atoms with E-state index in [9.17, 15) is 9.59 Å². The number of aryl methyl sites for hydroxylation is 1. The van der Waals surface area contributed by atoms with Crippen LogP contribution in [0.25, 0.3) is 11.3 Å². The van der Waals surface area contributed by atoms with Crippen LogP contribution in [0.3, 0.4) is 0 Å². The first-order valence-corrected chi connectivity index (χ1v) is 12.1. The maximum absolute atomic E-state index is 12.7. The van der Waals surface area contributed by atoms with Gasteiger partial charge in [-0.3, -0.25) is 9.59 Å². The lowest BCUT2D eigenvalue weighted by Gasteiger charge is -2.22. The molecule has 1 fully saturated rings. The fraction of sp³-hybridized carbons (Fsp3) is 0.346. The molecule has 1 aromatic heterocycles. The monoisotopic (exact) mass is 461 g/mol. The van der Waals surface area contributed by atoms with Crippen molar-refractivity contribution in [3.05, 3.63) is 58.5 Å². The summed E-state index contributed by atoms with van der Waals surface area (Å²) in [6.07, 6.45) is 3.10. The Kier molecular flexibility index (Phi) is 5.66. The Labute approximate surface area is 197 Å². The summed E-state index contributed by atoms with van der Waals surface area (Å²) in [5.74, 6) is 1.04. The van der Waals surface area contributed by atoms with Crippen molar-refractivity contribution in [1.82, 2.24) is 4.98 Å². The largest absolute Gasteiger partial charge is 0.496 e. The number of para-hydroxylation sites is 1. The van der Waals surface area contributed by atoms with Crippen LogP contribution in [0.4, 0.5) is 10.8 Å². The summed E-state index contributed by atoms with van der Waals surface area (Å²) in [4.78, 5) is 33.1. The van der Waals surface area contributed by atoms with E-state index >= 15 is 0 Å². The van der Waals surface area contributed by atoms with Crippen LogP contribution < -0.4 is 15.0 Å². The Balaban J connectivity index is 1.33. The first-order chi connectivity index (χ1) is 15.9. The molecule has 2 aliphatic rings. The highest BCUT2D eigenvalue weighted by molar-refractivity contribution is 7.16. The smallest absolute Gasteiger partial charge is 0.230 e. The molecule has 1 aliphatic carbocycles. The molecule has 3 aromatic rings. The minimum absolute atomic E-state index is 0.128. The van der Waals surface area contributed by atoms with Gasteiger partial charge in [-0.2, -0.15) is 0 Å². The number of thiazole rings is 1. The number of carbonyl (C=O) groups excluding carboxylic acids is 2. The van der Waals surface area contributed by atoms with Gasteiger partial charge in [-0.25, -0.2) is 4.98 Å². The second-order valence-electron chi connectivity index (χ2n) is 8.84. The molecule has 1 aliphatic heterocycles. The van der Waals surface area contributed by atoms with Crippen molar-refractivity contribution in [1.29, 1.82) is 0 Å². The minimum Gasteiger partial charge on any atom is -0.496 e. The van der Waals surface area contributed by atoms with E-state index in [4.69, 9.17) is 9.72 Å². The van der Waals surface area contributed by atoms with Crippen LogP contribution in [-0.2, 0) is 22.4 Å². The molecular formula is C26H27N3O3S. The number of carbonyl (C=O) groups is 2. The van der Waals surface area contributed by atoms with Gasteiger partial charge < -0.3 is 15.0 Å². The van der Waals surface area contributed by atoms with Gasteiger partial charge >= 0.3 is 0 Å². The van der Waals surface area contributed by atoms with E-state index in [1.807, 2.05) is 48.2 Å². The Bertz CT molecular complexity index is 1230. The van der Waals surface area contributed by atoms with E-state index in [0.717, 1.165) is 46.6 Å². The molecule has 0 radical (unpaired) electrons. The summed E-state index contributed by atoms with van der Waals surface area (Å²) in [6.45, 7) is 4.13. The second kappa shape index (κ2) is 8.63. The van der Waals surface area contributed by atoms with Gasteiger partial charge in [0.1, 0.15) is 5.75 Å². The van der Waals surface area contributed by atoms with Crippen molar-refractivity contribution in [3.8, 4) is 17.0 Å². The molecule has 1 atom stereocenters. The van der Waals surface area contributed by atoms with Gasteiger partial charge in [0.15, 0.2) is 5.13 Å². The molecule has 1 unspecified atom stereocenters. The molecule has 170 valence electrons. The van der Waals surface area contributed by atoms with E-state index < -0.39 is 0 Å². The van der Waals surface area contributed by atoms with E-state index in [-0.39, 0.29) is 30.2 Å². The SMILES string of the molecule is COc1ccccc1CC(=O)Nc1nc(-c2ccc3c(c2)CC(C)N3C(=O)C2CC2)c(C)s1. The lowest BCUT2D eigenvalue weighted by Crippen LogP contribution is -2.36. The van der Waals surface area contributed by atoms with E-state index in [1.165, 1.54) is 16.9 Å². The zero-order valence-corrected chi connectivity index (χ0v) is 19.9. The number of aromatic nitrogens is 1. The average molecular weight is 462 g/mol. The lowest BCUT2D eigenvalue weighted by molar-refractivity contribution is -0.120. The Hall–Kier alpha value is -3.19. The van der Waals surface area contributed by atoms with Crippen LogP contribution in [0.1, 0.15) is 35.8 Å². The minimum atomic E-state index is -0.128. The van der Waals surface area contributed by atoms with Crippen molar-refractivity contribution >= 4 is 34.0 Å². The standard InChI is InChI=1S/C26H27N3O3S/c1-15-12-20-13-19(10-11-21(20)29(15)25(31)17-8-9-17)24-16(2)33-26(28-24)27-23(30)14-18-6-4-5-7-22(18)32-3/h4-7,10-11,13,15,17H,8-9,12,14H2,1-3H3,(H,27,28,30).